The molecule has 0 aliphatic carbocycles. The lowest BCUT2D eigenvalue weighted by atomic mass is 10.1. The molecule has 6 nitrogen and oxygen atoms in total. The van der Waals surface area contributed by atoms with Gasteiger partial charge in [-0.05, 0) is 23.4 Å². The largest absolute Gasteiger partial charge is 0.467 e. The highest BCUT2D eigenvalue weighted by molar-refractivity contribution is 7.12. The second kappa shape index (κ2) is 7.03. The Morgan fingerprint density at radius 1 is 1.52 bits per heavy atom. The van der Waals surface area contributed by atoms with Crippen molar-refractivity contribution < 1.29 is 14.3 Å². The number of aromatic nitrogens is 2. The zero-order chi connectivity index (χ0) is 15.2. The number of aromatic amines is 1. The van der Waals surface area contributed by atoms with Gasteiger partial charge in [0, 0.05) is 18.3 Å². The quantitative estimate of drug-likeness (QED) is 0.793. The number of methoxy groups -OCH3 is 1. The van der Waals surface area contributed by atoms with Gasteiger partial charge in [-0.2, -0.15) is 0 Å². The lowest BCUT2D eigenvalue weighted by molar-refractivity contribution is -0.142. The average molecular weight is 307 g/mol. The molecule has 7 heteroatoms. The summed E-state index contributed by atoms with van der Waals surface area (Å²) in [4.78, 5) is 31.6. The van der Waals surface area contributed by atoms with Gasteiger partial charge in [-0.1, -0.05) is 6.92 Å². The number of aryl methyl sites for hydroxylation is 1. The molecule has 0 unspecified atom stereocenters. The van der Waals surface area contributed by atoms with Crippen LogP contribution in [0.5, 0.6) is 0 Å². The van der Waals surface area contributed by atoms with Crippen LogP contribution in [0.2, 0.25) is 0 Å². The Kier molecular flexibility index (Phi) is 5.10. The molecule has 2 heterocycles. The molecule has 2 aromatic heterocycles. The lowest BCUT2D eigenvalue weighted by Gasteiger charge is -2.15. The van der Waals surface area contributed by atoms with Crippen LogP contribution in [-0.2, 0) is 22.4 Å². The summed E-state index contributed by atoms with van der Waals surface area (Å²) >= 11 is 1.37. The summed E-state index contributed by atoms with van der Waals surface area (Å²) in [6, 6.07) is 1.18. The molecule has 0 aliphatic rings. The number of carbonyl (C=O) groups excluding carboxylic acids is 2. The maximum Gasteiger partial charge on any atom is 0.328 e. The summed E-state index contributed by atoms with van der Waals surface area (Å²) < 4.78 is 4.75. The second-order valence-corrected chi connectivity index (χ2v) is 5.37. The number of amides is 1. The van der Waals surface area contributed by atoms with Crippen LogP contribution in [0.25, 0.3) is 0 Å². The molecule has 0 saturated carbocycles. The number of esters is 1. The molecule has 2 rings (SSSR count). The maximum atomic E-state index is 12.3. The van der Waals surface area contributed by atoms with Crippen molar-refractivity contribution in [3.05, 3.63) is 40.1 Å². The predicted molar refractivity (Wildman–Crippen MR) is 79.3 cm³/mol. The molecule has 21 heavy (non-hydrogen) atoms. The predicted octanol–water partition coefficient (Wildman–Crippen LogP) is 1.55. The van der Waals surface area contributed by atoms with Crippen LogP contribution in [0, 0.1) is 0 Å². The van der Waals surface area contributed by atoms with E-state index in [1.165, 1.54) is 24.8 Å². The molecule has 0 aliphatic heterocycles. The first kappa shape index (κ1) is 15.2. The van der Waals surface area contributed by atoms with Crippen molar-refractivity contribution in [1.82, 2.24) is 15.3 Å². The fourth-order valence-electron chi connectivity index (χ4n) is 1.99. The number of hydrogen-bond acceptors (Lipinski definition) is 5. The highest BCUT2D eigenvalue weighted by Gasteiger charge is 2.24. The minimum atomic E-state index is -0.741. The van der Waals surface area contributed by atoms with Crippen molar-refractivity contribution in [2.75, 3.05) is 7.11 Å². The van der Waals surface area contributed by atoms with E-state index >= 15 is 0 Å². The van der Waals surface area contributed by atoms with Gasteiger partial charge in [-0.25, -0.2) is 9.78 Å². The van der Waals surface area contributed by atoms with Crippen LogP contribution < -0.4 is 5.32 Å². The first-order valence-corrected chi connectivity index (χ1v) is 7.46. The van der Waals surface area contributed by atoms with Gasteiger partial charge in [0.25, 0.3) is 5.91 Å². The molecule has 2 N–H and O–H groups in total. The van der Waals surface area contributed by atoms with Gasteiger partial charge in [0.15, 0.2) is 0 Å². The molecule has 0 aromatic carbocycles. The Labute approximate surface area is 126 Å². The third-order valence-corrected chi connectivity index (χ3v) is 4.06. The summed E-state index contributed by atoms with van der Waals surface area (Å²) in [5.41, 5.74) is 1.73. The van der Waals surface area contributed by atoms with Gasteiger partial charge in [-0.3, -0.25) is 4.79 Å². The van der Waals surface area contributed by atoms with Crippen molar-refractivity contribution in [3.63, 3.8) is 0 Å². The Morgan fingerprint density at radius 2 is 2.33 bits per heavy atom. The van der Waals surface area contributed by atoms with Gasteiger partial charge in [0.2, 0.25) is 0 Å². The Bertz CT molecular complexity index is 607. The molecule has 0 radical (unpaired) electrons. The van der Waals surface area contributed by atoms with Crippen LogP contribution in [-0.4, -0.2) is 35.0 Å². The Balaban J connectivity index is 2.11. The summed E-state index contributed by atoms with van der Waals surface area (Å²) in [6.45, 7) is 1.99. The van der Waals surface area contributed by atoms with Crippen LogP contribution in [0.1, 0.15) is 27.9 Å². The van der Waals surface area contributed by atoms with Gasteiger partial charge in [0.05, 0.1) is 18.3 Å². The molecule has 1 amide bonds. The number of ether oxygens (including phenoxy) is 1. The number of imidazole rings is 1. The number of carbonyl (C=O) groups is 2. The van der Waals surface area contributed by atoms with E-state index in [1.54, 1.807) is 6.20 Å². The highest BCUT2D eigenvalue weighted by atomic mass is 32.1. The van der Waals surface area contributed by atoms with Gasteiger partial charge < -0.3 is 15.0 Å². The Hall–Kier alpha value is -2.15. The Morgan fingerprint density at radius 3 is 2.95 bits per heavy atom. The zero-order valence-electron chi connectivity index (χ0n) is 11.9. The van der Waals surface area contributed by atoms with Crippen molar-refractivity contribution >= 4 is 23.2 Å². The van der Waals surface area contributed by atoms with E-state index in [2.05, 4.69) is 15.3 Å². The normalized spacial score (nSPS) is 11.9. The number of rotatable bonds is 6. The van der Waals surface area contributed by atoms with Crippen molar-refractivity contribution in [1.29, 1.82) is 0 Å². The van der Waals surface area contributed by atoms with Crippen LogP contribution in [0.3, 0.4) is 0 Å². The molecule has 0 fully saturated rings. The molecule has 0 spiro atoms. The van der Waals surface area contributed by atoms with Crippen LogP contribution in [0.4, 0.5) is 0 Å². The summed E-state index contributed by atoms with van der Waals surface area (Å²) in [5, 5.41) is 4.60. The van der Waals surface area contributed by atoms with E-state index in [4.69, 9.17) is 4.74 Å². The number of hydrogen-bond donors (Lipinski definition) is 2. The van der Waals surface area contributed by atoms with Crippen molar-refractivity contribution in [2.45, 2.75) is 25.8 Å². The number of nitrogens with one attached hydrogen (secondary N) is 2. The minimum Gasteiger partial charge on any atom is -0.467 e. The van der Waals surface area contributed by atoms with E-state index in [0.29, 0.717) is 11.3 Å². The summed E-state index contributed by atoms with van der Waals surface area (Å²) in [7, 11) is 1.30. The lowest BCUT2D eigenvalue weighted by Crippen LogP contribution is -2.43. The minimum absolute atomic E-state index is 0.253. The fraction of sp³-hybridized carbons (Fsp3) is 0.357. The third kappa shape index (κ3) is 3.69. The monoisotopic (exact) mass is 307 g/mol. The fourth-order valence-corrected chi connectivity index (χ4v) is 2.89. The number of H-pyrrole nitrogens is 1. The third-order valence-electron chi connectivity index (χ3n) is 3.10. The highest BCUT2D eigenvalue weighted by Crippen LogP contribution is 2.17. The van der Waals surface area contributed by atoms with E-state index in [1.807, 2.05) is 18.4 Å². The van der Waals surface area contributed by atoms with Crippen molar-refractivity contribution in [2.24, 2.45) is 0 Å². The molecular weight excluding hydrogens is 290 g/mol. The van der Waals surface area contributed by atoms with E-state index < -0.39 is 12.0 Å². The average Bonchev–Trinajstić information content (AvgIpc) is 3.16. The molecule has 1 atom stereocenters. The molecule has 0 saturated heterocycles. The molecular formula is C14H17N3O3S. The first-order chi connectivity index (χ1) is 10.2. The summed E-state index contributed by atoms with van der Waals surface area (Å²) in [5.74, 6) is -0.732. The van der Waals surface area contributed by atoms with Gasteiger partial charge >= 0.3 is 5.97 Å². The number of nitrogens with zero attached hydrogens (tertiary/aromatic N) is 1. The van der Waals surface area contributed by atoms with E-state index in [0.717, 1.165) is 17.7 Å². The van der Waals surface area contributed by atoms with Crippen LogP contribution >= 0.6 is 11.3 Å². The second-order valence-electron chi connectivity index (χ2n) is 4.46. The SMILES string of the molecule is CCc1ccsc1C(=O)N[C@@H](Cc1cnc[nH]1)C(=O)OC. The van der Waals surface area contributed by atoms with Crippen molar-refractivity contribution in [3.8, 4) is 0 Å². The first-order valence-electron chi connectivity index (χ1n) is 6.58. The standard InChI is InChI=1S/C14H17N3O3S/c1-3-9-4-5-21-12(9)13(18)17-11(14(19)20-2)6-10-7-15-8-16-10/h4-5,7-8,11H,3,6H2,1-2H3,(H,15,16)(H,17,18)/t11-/m0/s1. The molecule has 0 bridgehead atoms. The smallest absolute Gasteiger partial charge is 0.328 e. The zero-order valence-corrected chi connectivity index (χ0v) is 12.7. The molecule has 2 aromatic rings. The maximum absolute atomic E-state index is 12.3. The van der Waals surface area contributed by atoms with Crippen LogP contribution in [0.15, 0.2) is 24.0 Å². The van der Waals surface area contributed by atoms with E-state index in [9.17, 15) is 9.59 Å². The van der Waals surface area contributed by atoms with Gasteiger partial charge in [-0.15, -0.1) is 11.3 Å². The topological polar surface area (TPSA) is 84.1 Å². The van der Waals surface area contributed by atoms with E-state index in [-0.39, 0.29) is 5.91 Å². The summed E-state index contributed by atoms with van der Waals surface area (Å²) in [6.07, 6.45) is 4.23. The number of thiophene rings is 1. The molecule has 112 valence electrons. The van der Waals surface area contributed by atoms with Gasteiger partial charge in [0.1, 0.15) is 6.04 Å².